The average Bonchev–Trinajstić information content (AvgIpc) is 3.19. The summed E-state index contributed by atoms with van der Waals surface area (Å²) in [5, 5.41) is 3.55. The van der Waals surface area contributed by atoms with E-state index in [1.165, 1.54) is 0 Å². The van der Waals surface area contributed by atoms with Crippen LogP contribution in [0.4, 0.5) is 0 Å². The number of thioether (sulfide) groups is 1. The van der Waals surface area contributed by atoms with Crippen LogP contribution in [0, 0.1) is 0 Å². The van der Waals surface area contributed by atoms with E-state index in [1.807, 2.05) is 91.5 Å². The van der Waals surface area contributed by atoms with Gasteiger partial charge in [0.25, 0.3) is 5.91 Å². The van der Waals surface area contributed by atoms with Crippen LogP contribution in [-0.2, 0) is 17.9 Å². The molecule has 0 radical (unpaired) electrons. The summed E-state index contributed by atoms with van der Waals surface area (Å²) in [7, 11) is 0. The molecule has 0 aliphatic carbocycles. The Kier molecular flexibility index (Phi) is 7.80. The number of hydrogen-bond acceptors (Lipinski definition) is 4. The molecule has 0 saturated carbocycles. The van der Waals surface area contributed by atoms with Crippen molar-refractivity contribution in [2.24, 2.45) is 0 Å². The van der Waals surface area contributed by atoms with Crippen molar-refractivity contribution in [3.8, 4) is 5.75 Å². The van der Waals surface area contributed by atoms with E-state index < -0.39 is 0 Å². The third-order valence-electron chi connectivity index (χ3n) is 5.44. The lowest BCUT2D eigenvalue weighted by atomic mass is 10.1. The molecular formula is C27H27ClN2O3S. The van der Waals surface area contributed by atoms with Gasteiger partial charge in [0.2, 0.25) is 5.91 Å². The van der Waals surface area contributed by atoms with Crippen molar-refractivity contribution in [1.29, 1.82) is 0 Å². The second-order valence-corrected chi connectivity index (χ2v) is 9.93. The van der Waals surface area contributed by atoms with Crippen molar-refractivity contribution in [1.82, 2.24) is 10.2 Å². The predicted octanol–water partition coefficient (Wildman–Crippen LogP) is 5.83. The summed E-state index contributed by atoms with van der Waals surface area (Å²) < 4.78 is 5.65. The van der Waals surface area contributed by atoms with Crippen molar-refractivity contribution in [3.05, 3.63) is 100 Å². The number of ether oxygens (including phenoxy) is 1. The molecular weight excluding hydrogens is 468 g/mol. The summed E-state index contributed by atoms with van der Waals surface area (Å²) in [5.41, 5.74) is 3.62. The summed E-state index contributed by atoms with van der Waals surface area (Å²) in [4.78, 5) is 27.0. The number of nitrogens with one attached hydrogen (secondary N) is 1. The molecule has 1 saturated heterocycles. The summed E-state index contributed by atoms with van der Waals surface area (Å²) in [6.07, 6.45) is 0.124. The van der Waals surface area contributed by atoms with Crippen LogP contribution in [0.2, 0.25) is 5.02 Å². The maximum Gasteiger partial charge on any atom is 0.251 e. The van der Waals surface area contributed by atoms with Crippen LogP contribution >= 0.6 is 23.4 Å². The minimum Gasteiger partial charge on any atom is -0.491 e. The van der Waals surface area contributed by atoms with Crippen LogP contribution in [0.3, 0.4) is 0 Å². The number of nitrogens with zero attached hydrogens (tertiary/aromatic N) is 1. The van der Waals surface area contributed by atoms with Gasteiger partial charge in [-0.25, -0.2) is 0 Å². The smallest absolute Gasteiger partial charge is 0.251 e. The van der Waals surface area contributed by atoms with Crippen LogP contribution in [0.15, 0.2) is 72.8 Å². The molecule has 1 N–H and O–H groups in total. The Morgan fingerprint density at radius 3 is 2.32 bits per heavy atom. The molecule has 2 amide bonds. The lowest BCUT2D eigenvalue weighted by molar-refractivity contribution is -0.128. The van der Waals surface area contributed by atoms with Gasteiger partial charge in [-0.1, -0.05) is 48.0 Å². The zero-order valence-electron chi connectivity index (χ0n) is 19.2. The Balaban J connectivity index is 1.36. The summed E-state index contributed by atoms with van der Waals surface area (Å²) in [6, 6.07) is 22.7. The van der Waals surface area contributed by atoms with Crippen molar-refractivity contribution in [2.75, 3.05) is 5.75 Å². The molecule has 5 nitrogen and oxygen atoms in total. The van der Waals surface area contributed by atoms with E-state index in [9.17, 15) is 9.59 Å². The van der Waals surface area contributed by atoms with E-state index >= 15 is 0 Å². The van der Waals surface area contributed by atoms with Gasteiger partial charge in [0.1, 0.15) is 11.1 Å². The Bertz CT molecular complexity index is 1130. The number of amides is 2. The number of hydrogen-bond donors (Lipinski definition) is 1. The molecule has 34 heavy (non-hydrogen) atoms. The molecule has 0 bridgehead atoms. The second kappa shape index (κ2) is 11.0. The maximum atomic E-state index is 12.6. The first-order valence-electron chi connectivity index (χ1n) is 11.2. The highest BCUT2D eigenvalue weighted by Crippen LogP contribution is 2.39. The fourth-order valence-corrected chi connectivity index (χ4v) is 5.04. The van der Waals surface area contributed by atoms with Crippen molar-refractivity contribution < 1.29 is 14.3 Å². The van der Waals surface area contributed by atoms with Crippen LogP contribution in [-0.4, -0.2) is 28.6 Å². The number of carbonyl (C=O) groups excluding carboxylic acids is 2. The fraction of sp³-hybridized carbons (Fsp3) is 0.259. The van der Waals surface area contributed by atoms with Crippen molar-refractivity contribution in [2.45, 2.75) is 38.4 Å². The number of benzene rings is 3. The molecule has 1 atom stereocenters. The highest BCUT2D eigenvalue weighted by atomic mass is 35.5. The molecule has 1 unspecified atom stereocenters. The monoisotopic (exact) mass is 494 g/mol. The molecule has 1 aliphatic rings. The summed E-state index contributed by atoms with van der Waals surface area (Å²) >= 11 is 7.58. The quantitative estimate of drug-likeness (QED) is 0.428. The molecule has 0 aromatic heterocycles. The summed E-state index contributed by atoms with van der Waals surface area (Å²) in [6.45, 7) is 4.93. The lowest BCUT2D eigenvalue weighted by Gasteiger charge is -2.24. The van der Waals surface area contributed by atoms with Gasteiger partial charge in [0, 0.05) is 23.7 Å². The molecule has 0 spiro atoms. The highest BCUT2D eigenvalue weighted by molar-refractivity contribution is 8.00. The fourth-order valence-electron chi connectivity index (χ4n) is 3.73. The van der Waals surface area contributed by atoms with Gasteiger partial charge in [-0.3, -0.25) is 9.59 Å². The Morgan fingerprint density at radius 1 is 1.03 bits per heavy atom. The minimum absolute atomic E-state index is 0.0770. The number of halogens is 1. The molecule has 3 aromatic carbocycles. The first-order valence-corrected chi connectivity index (χ1v) is 12.6. The average molecular weight is 495 g/mol. The van der Waals surface area contributed by atoms with E-state index in [-0.39, 0.29) is 23.3 Å². The van der Waals surface area contributed by atoms with E-state index in [0.29, 0.717) is 29.4 Å². The molecule has 1 fully saturated rings. The normalized spacial score (nSPS) is 15.6. The van der Waals surface area contributed by atoms with E-state index in [2.05, 4.69) is 5.32 Å². The molecule has 7 heteroatoms. The van der Waals surface area contributed by atoms with E-state index in [4.69, 9.17) is 16.3 Å². The zero-order valence-corrected chi connectivity index (χ0v) is 20.7. The van der Waals surface area contributed by atoms with Crippen LogP contribution < -0.4 is 10.1 Å². The molecule has 4 rings (SSSR count). The lowest BCUT2D eigenvalue weighted by Crippen LogP contribution is -2.27. The summed E-state index contributed by atoms with van der Waals surface area (Å²) in [5.74, 6) is 1.23. The molecule has 176 valence electrons. The van der Waals surface area contributed by atoms with Crippen molar-refractivity contribution >= 4 is 35.2 Å². The minimum atomic E-state index is -0.137. The predicted molar refractivity (Wildman–Crippen MR) is 137 cm³/mol. The first kappa shape index (κ1) is 24.2. The van der Waals surface area contributed by atoms with Crippen LogP contribution in [0.25, 0.3) is 0 Å². The van der Waals surface area contributed by atoms with Crippen LogP contribution in [0.5, 0.6) is 5.75 Å². The van der Waals surface area contributed by atoms with Gasteiger partial charge in [0.15, 0.2) is 0 Å². The van der Waals surface area contributed by atoms with Crippen LogP contribution in [0.1, 0.15) is 46.3 Å². The Morgan fingerprint density at radius 2 is 1.68 bits per heavy atom. The van der Waals surface area contributed by atoms with Gasteiger partial charge in [0.05, 0.1) is 11.9 Å². The highest BCUT2D eigenvalue weighted by Gasteiger charge is 2.32. The van der Waals surface area contributed by atoms with Gasteiger partial charge >= 0.3 is 0 Å². The van der Waals surface area contributed by atoms with Gasteiger partial charge < -0.3 is 15.0 Å². The van der Waals surface area contributed by atoms with Crippen molar-refractivity contribution in [3.63, 3.8) is 0 Å². The molecule has 1 heterocycles. The number of carbonyl (C=O) groups is 2. The third kappa shape index (κ3) is 6.13. The maximum absolute atomic E-state index is 12.6. The van der Waals surface area contributed by atoms with E-state index in [1.54, 1.807) is 11.8 Å². The van der Waals surface area contributed by atoms with E-state index in [0.717, 1.165) is 22.4 Å². The SMILES string of the molecule is CC(C)Oc1ccc(CNC(=O)c2ccc(C3SCC(=O)N3Cc3ccc(Cl)cc3)cc2)cc1. The van der Waals surface area contributed by atoms with Gasteiger partial charge in [-0.15, -0.1) is 11.8 Å². The second-order valence-electron chi connectivity index (χ2n) is 8.43. The third-order valence-corrected chi connectivity index (χ3v) is 6.95. The zero-order chi connectivity index (χ0) is 24.1. The molecule has 1 aliphatic heterocycles. The standard InChI is InChI=1S/C27H27ClN2O3S/c1-18(2)33-24-13-5-19(6-14-24)15-29-26(32)21-7-9-22(10-8-21)27-30(25(31)17-34-27)16-20-3-11-23(28)12-4-20/h3-14,18,27H,15-17H2,1-2H3,(H,29,32). The topological polar surface area (TPSA) is 58.6 Å². The molecule has 3 aromatic rings. The van der Waals surface area contributed by atoms with Gasteiger partial charge in [-0.2, -0.15) is 0 Å². The van der Waals surface area contributed by atoms with Gasteiger partial charge in [-0.05, 0) is 66.9 Å². The Labute approximate surface area is 209 Å². The number of rotatable bonds is 8. The first-order chi connectivity index (χ1) is 16.4. The largest absolute Gasteiger partial charge is 0.491 e. The Hall–Kier alpha value is -2.96.